The van der Waals surface area contributed by atoms with E-state index in [0.717, 1.165) is 49.4 Å². The molecule has 0 bridgehead atoms. The first kappa shape index (κ1) is 16.8. The van der Waals surface area contributed by atoms with Crippen molar-refractivity contribution in [3.8, 4) is 5.75 Å². The minimum atomic E-state index is 0.479. The lowest BCUT2D eigenvalue weighted by molar-refractivity contribution is 0.171. The summed E-state index contributed by atoms with van der Waals surface area (Å²) in [5.41, 5.74) is 1.70. The molecular weight excluding hydrogens is 330 g/mol. The lowest BCUT2D eigenvalue weighted by atomic mass is 10.0. The van der Waals surface area contributed by atoms with E-state index in [-0.39, 0.29) is 0 Å². The summed E-state index contributed by atoms with van der Waals surface area (Å²) in [6.07, 6.45) is 4.83. The molecule has 1 aromatic rings. The van der Waals surface area contributed by atoms with Gasteiger partial charge in [-0.1, -0.05) is 22.9 Å². The number of hydrogen-bond acceptors (Lipinski definition) is 3. The lowest BCUT2D eigenvalue weighted by Gasteiger charge is -2.17. The Kier molecular flexibility index (Phi) is 6.52. The predicted octanol–water partition coefficient (Wildman–Crippen LogP) is 4.14. The molecule has 21 heavy (non-hydrogen) atoms. The van der Waals surface area contributed by atoms with Gasteiger partial charge in [0.1, 0.15) is 5.75 Å². The van der Waals surface area contributed by atoms with Gasteiger partial charge in [0.05, 0.1) is 6.61 Å². The molecule has 3 nitrogen and oxygen atoms in total. The SMILES string of the molecule is CCCOc1ccc(Br)cc1CNCC1(CCOC)CC1. The molecule has 1 aliphatic rings. The topological polar surface area (TPSA) is 30.5 Å². The van der Waals surface area contributed by atoms with Gasteiger partial charge in [0.15, 0.2) is 0 Å². The molecular formula is C17H26BrNO2. The van der Waals surface area contributed by atoms with E-state index in [1.807, 2.05) is 6.07 Å². The van der Waals surface area contributed by atoms with Crippen LogP contribution in [0.1, 0.15) is 38.2 Å². The monoisotopic (exact) mass is 355 g/mol. The Hall–Kier alpha value is -0.580. The van der Waals surface area contributed by atoms with E-state index in [1.165, 1.54) is 18.4 Å². The fourth-order valence-electron chi connectivity index (χ4n) is 2.51. The van der Waals surface area contributed by atoms with Crippen molar-refractivity contribution in [2.75, 3.05) is 26.9 Å². The highest BCUT2D eigenvalue weighted by molar-refractivity contribution is 9.10. The van der Waals surface area contributed by atoms with E-state index in [9.17, 15) is 0 Å². The second-order valence-corrected chi connectivity index (χ2v) is 6.86. The van der Waals surface area contributed by atoms with E-state index < -0.39 is 0 Å². The van der Waals surface area contributed by atoms with Gasteiger partial charge < -0.3 is 14.8 Å². The van der Waals surface area contributed by atoms with Gasteiger partial charge in [-0.05, 0) is 49.3 Å². The van der Waals surface area contributed by atoms with Crippen LogP contribution in [-0.2, 0) is 11.3 Å². The number of rotatable bonds is 10. The summed E-state index contributed by atoms with van der Waals surface area (Å²) >= 11 is 3.54. The largest absolute Gasteiger partial charge is 0.493 e. The molecule has 0 atom stereocenters. The Labute approximate surface area is 136 Å². The van der Waals surface area contributed by atoms with Crippen LogP contribution in [0.15, 0.2) is 22.7 Å². The molecule has 1 aliphatic carbocycles. The van der Waals surface area contributed by atoms with E-state index in [4.69, 9.17) is 9.47 Å². The summed E-state index contributed by atoms with van der Waals surface area (Å²) in [4.78, 5) is 0. The fourth-order valence-corrected chi connectivity index (χ4v) is 2.92. The van der Waals surface area contributed by atoms with Crippen molar-refractivity contribution in [1.29, 1.82) is 0 Å². The number of halogens is 1. The second kappa shape index (κ2) is 8.16. The maximum atomic E-state index is 5.82. The summed E-state index contributed by atoms with van der Waals surface area (Å²) in [7, 11) is 1.78. The van der Waals surface area contributed by atoms with Gasteiger partial charge in [0.25, 0.3) is 0 Å². The van der Waals surface area contributed by atoms with Crippen LogP contribution in [0, 0.1) is 5.41 Å². The van der Waals surface area contributed by atoms with Gasteiger partial charge in [-0.15, -0.1) is 0 Å². The highest BCUT2D eigenvalue weighted by Crippen LogP contribution is 2.48. The molecule has 0 heterocycles. The Morgan fingerprint density at radius 3 is 2.76 bits per heavy atom. The molecule has 1 N–H and O–H groups in total. The van der Waals surface area contributed by atoms with E-state index >= 15 is 0 Å². The van der Waals surface area contributed by atoms with Crippen LogP contribution >= 0.6 is 15.9 Å². The standard InChI is InChI=1S/C17H26BrNO2/c1-3-9-21-16-5-4-15(18)11-14(16)12-19-13-17(6-7-17)8-10-20-2/h4-5,11,19H,3,6-10,12-13H2,1-2H3. The first-order valence-corrected chi connectivity index (χ1v) is 8.59. The zero-order valence-electron chi connectivity index (χ0n) is 13.1. The molecule has 0 unspecified atom stereocenters. The third-order valence-electron chi connectivity index (χ3n) is 4.09. The van der Waals surface area contributed by atoms with Crippen LogP contribution in [0.25, 0.3) is 0 Å². The molecule has 1 aromatic carbocycles. The van der Waals surface area contributed by atoms with E-state index in [2.05, 4.69) is 40.3 Å². The van der Waals surface area contributed by atoms with Crippen molar-refractivity contribution in [3.63, 3.8) is 0 Å². The molecule has 2 rings (SSSR count). The van der Waals surface area contributed by atoms with Crippen LogP contribution in [0.4, 0.5) is 0 Å². The van der Waals surface area contributed by atoms with Gasteiger partial charge in [0, 0.05) is 36.8 Å². The maximum Gasteiger partial charge on any atom is 0.123 e. The van der Waals surface area contributed by atoms with Crippen molar-refractivity contribution in [2.24, 2.45) is 5.41 Å². The summed E-state index contributed by atoms with van der Waals surface area (Å²) in [5.74, 6) is 0.995. The van der Waals surface area contributed by atoms with Gasteiger partial charge in [-0.25, -0.2) is 0 Å². The van der Waals surface area contributed by atoms with Crippen molar-refractivity contribution in [1.82, 2.24) is 5.32 Å². The molecule has 4 heteroatoms. The molecule has 1 saturated carbocycles. The van der Waals surface area contributed by atoms with Crippen LogP contribution in [0.3, 0.4) is 0 Å². The smallest absolute Gasteiger partial charge is 0.123 e. The number of nitrogens with one attached hydrogen (secondary N) is 1. The highest BCUT2D eigenvalue weighted by atomic mass is 79.9. The molecule has 0 radical (unpaired) electrons. The van der Waals surface area contributed by atoms with Crippen molar-refractivity contribution >= 4 is 15.9 Å². The van der Waals surface area contributed by atoms with Crippen LogP contribution in [0.2, 0.25) is 0 Å². The van der Waals surface area contributed by atoms with Crippen molar-refractivity contribution in [2.45, 2.75) is 39.2 Å². The second-order valence-electron chi connectivity index (χ2n) is 5.95. The Bertz CT molecular complexity index is 446. The summed E-state index contributed by atoms with van der Waals surface area (Å²) in [6.45, 7) is 5.68. The number of hydrogen-bond donors (Lipinski definition) is 1. The Morgan fingerprint density at radius 2 is 2.10 bits per heavy atom. The average Bonchev–Trinajstić information content (AvgIpc) is 3.25. The molecule has 0 aromatic heterocycles. The van der Waals surface area contributed by atoms with Crippen LogP contribution < -0.4 is 10.1 Å². The Morgan fingerprint density at radius 1 is 1.29 bits per heavy atom. The fraction of sp³-hybridized carbons (Fsp3) is 0.647. The zero-order valence-corrected chi connectivity index (χ0v) is 14.7. The molecule has 0 aliphatic heterocycles. The highest BCUT2D eigenvalue weighted by Gasteiger charge is 2.41. The first-order valence-electron chi connectivity index (χ1n) is 7.80. The van der Waals surface area contributed by atoms with Gasteiger partial charge in [0.2, 0.25) is 0 Å². The van der Waals surface area contributed by atoms with Crippen molar-refractivity contribution < 1.29 is 9.47 Å². The number of benzene rings is 1. The zero-order chi connectivity index (χ0) is 15.1. The third kappa shape index (κ3) is 5.28. The van der Waals surface area contributed by atoms with Gasteiger partial charge in [-0.2, -0.15) is 0 Å². The quantitative estimate of drug-likeness (QED) is 0.683. The first-order chi connectivity index (χ1) is 10.2. The average molecular weight is 356 g/mol. The normalized spacial score (nSPS) is 16.0. The minimum Gasteiger partial charge on any atom is -0.493 e. The van der Waals surface area contributed by atoms with Crippen molar-refractivity contribution in [3.05, 3.63) is 28.2 Å². The lowest BCUT2D eigenvalue weighted by Crippen LogP contribution is -2.25. The summed E-state index contributed by atoms with van der Waals surface area (Å²) in [5, 5.41) is 3.60. The summed E-state index contributed by atoms with van der Waals surface area (Å²) in [6, 6.07) is 6.23. The molecule has 0 amide bonds. The number of ether oxygens (including phenoxy) is 2. The maximum absolute atomic E-state index is 5.82. The molecule has 1 fully saturated rings. The minimum absolute atomic E-state index is 0.479. The van der Waals surface area contributed by atoms with Gasteiger partial charge >= 0.3 is 0 Å². The third-order valence-corrected chi connectivity index (χ3v) is 4.59. The molecule has 118 valence electrons. The van der Waals surface area contributed by atoms with Crippen LogP contribution in [0.5, 0.6) is 5.75 Å². The van der Waals surface area contributed by atoms with Gasteiger partial charge in [-0.3, -0.25) is 0 Å². The molecule has 0 spiro atoms. The van der Waals surface area contributed by atoms with E-state index in [0.29, 0.717) is 5.41 Å². The number of methoxy groups -OCH3 is 1. The summed E-state index contributed by atoms with van der Waals surface area (Å²) < 4.78 is 12.1. The van der Waals surface area contributed by atoms with E-state index in [1.54, 1.807) is 7.11 Å². The molecule has 0 saturated heterocycles. The predicted molar refractivity (Wildman–Crippen MR) is 89.8 cm³/mol. The van der Waals surface area contributed by atoms with Crippen LogP contribution in [-0.4, -0.2) is 26.9 Å². The Balaban J connectivity index is 1.85.